The van der Waals surface area contributed by atoms with Gasteiger partial charge in [-0.1, -0.05) is 58.0 Å². The van der Waals surface area contributed by atoms with Crippen LogP contribution in [0.3, 0.4) is 0 Å². The van der Waals surface area contributed by atoms with E-state index < -0.39 is 12.0 Å². The molecule has 0 atom stereocenters. The Morgan fingerprint density at radius 2 is 1.48 bits per heavy atom. The monoisotopic (exact) mass is 448 g/mol. The molecule has 0 unspecified atom stereocenters. The maximum absolute atomic E-state index is 12.9. The van der Waals surface area contributed by atoms with Crippen molar-refractivity contribution >= 4 is 69.0 Å². The number of alkyl halides is 3. The van der Waals surface area contributed by atoms with E-state index in [4.69, 9.17) is 62.7 Å². The summed E-state index contributed by atoms with van der Waals surface area (Å²) in [5, 5.41) is -0.0269. The number of H-pyrrole nitrogens is 1. The number of aromatic amines is 1. The number of nitrogens with zero attached hydrogens (tertiary/aromatic N) is 1. The standard InChI is InChI=1S/C14H4Cl5F3N2O/c15-4-1-2-5(16)11(8(4)18)25-12-9(19)6(17)3-7-10(12)24-13(23-7)14(20,21)22/h1-3H,(H,23,24). The van der Waals surface area contributed by atoms with Crippen LogP contribution in [0.25, 0.3) is 11.0 Å². The number of hydrogen-bond acceptors (Lipinski definition) is 2. The van der Waals surface area contributed by atoms with Gasteiger partial charge in [0.15, 0.2) is 11.5 Å². The fourth-order valence-corrected chi connectivity index (χ4v) is 2.97. The Labute approximate surface area is 163 Å². The van der Waals surface area contributed by atoms with Gasteiger partial charge >= 0.3 is 6.18 Å². The first-order valence-electron chi connectivity index (χ1n) is 6.36. The van der Waals surface area contributed by atoms with Gasteiger partial charge in [-0.15, -0.1) is 0 Å². The molecule has 1 heterocycles. The number of imidazole rings is 1. The van der Waals surface area contributed by atoms with Crippen molar-refractivity contribution in [2.24, 2.45) is 0 Å². The Hall–Kier alpha value is -1.05. The number of halogens is 8. The minimum Gasteiger partial charge on any atom is -0.450 e. The molecule has 0 aliphatic heterocycles. The number of hydrogen-bond donors (Lipinski definition) is 1. The van der Waals surface area contributed by atoms with E-state index >= 15 is 0 Å². The van der Waals surface area contributed by atoms with Gasteiger partial charge in [-0.2, -0.15) is 13.2 Å². The highest BCUT2D eigenvalue weighted by Crippen LogP contribution is 2.46. The summed E-state index contributed by atoms with van der Waals surface area (Å²) in [6.45, 7) is 0. The fraction of sp³-hybridized carbons (Fsp3) is 0.0714. The van der Waals surface area contributed by atoms with Crippen LogP contribution in [0.1, 0.15) is 5.82 Å². The molecule has 2 aromatic carbocycles. The first-order valence-corrected chi connectivity index (χ1v) is 8.25. The molecule has 0 amide bonds. The summed E-state index contributed by atoms with van der Waals surface area (Å²) >= 11 is 30.0. The number of nitrogens with one attached hydrogen (secondary N) is 1. The zero-order chi connectivity index (χ0) is 18.5. The van der Waals surface area contributed by atoms with E-state index in [1.165, 1.54) is 18.2 Å². The van der Waals surface area contributed by atoms with Gasteiger partial charge in [0, 0.05) is 0 Å². The molecule has 132 valence electrons. The van der Waals surface area contributed by atoms with E-state index in [0.29, 0.717) is 0 Å². The lowest BCUT2D eigenvalue weighted by Crippen LogP contribution is -2.06. The van der Waals surface area contributed by atoms with Crippen LogP contribution in [0, 0.1) is 0 Å². The lowest BCUT2D eigenvalue weighted by Gasteiger charge is -2.13. The molecule has 0 saturated heterocycles. The molecular weight excluding hydrogens is 446 g/mol. The van der Waals surface area contributed by atoms with Crippen LogP contribution in [-0.2, 0) is 6.18 Å². The molecule has 3 aromatic rings. The average Bonchev–Trinajstić information content (AvgIpc) is 2.94. The molecule has 0 fully saturated rings. The van der Waals surface area contributed by atoms with Crippen LogP contribution < -0.4 is 4.74 Å². The highest BCUT2D eigenvalue weighted by atomic mass is 35.5. The molecule has 0 radical (unpaired) electrons. The lowest BCUT2D eigenvalue weighted by atomic mass is 10.3. The van der Waals surface area contributed by atoms with Gasteiger partial charge in [-0.25, -0.2) is 4.98 Å². The van der Waals surface area contributed by atoms with Crippen molar-refractivity contribution in [1.82, 2.24) is 9.97 Å². The van der Waals surface area contributed by atoms with E-state index in [2.05, 4.69) is 9.97 Å². The first kappa shape index (κ1) is 18.7. The second-order valence-electron chi connectivity index (χ2n) is 4.76. The molecule has 0 aliphatic carbocycles. The third-order valence-electron chi connectivity index (χ3n) is 3.10. The maximum atomic E-state index is 12.9. The summed E-state index contributed by atoms with van der Waals surface area (Å²) < 4.78 is 44.3. The number of ether oxygens (including phenoxy) is 1. The van der Waals surface area contributed by atoms with Crippen LogP contribution in [0.2, 0.25) is 25.1 Å². The van der Waals surface area contributed by atoms with Gasteiger partial charge in [0.2, 0.25) is 5.82 Å². The van der Waals surface area contributed by atoms with E-state index in [1.54, 1.807) is 0 Å². The largest absolute Gasteiger partial charge is 0.450 e. The highest BCUT2D eigenvalue weighted by Gasteiger charge is 2.35. The Morgan fingerprint density at radius 1 is 0.880 bits per heavy atom. The van der Waals surface area contributed by atoms with E-state index in [-0.39, 0.29) is 47.6 Å². The summed E-state index contributed by atoms with van der Waals surface area (Å²) in [4.78, 5) is 5.62. The van der Waals surface area contributed by atoms with Gasteiger partial charge in [0.05, 0.1) is 20.6 Å². The van der Waals surface area contributed by atoms with Crippen LogP contribution in [0.5, 0.6) is 11.5 Å². The Bertz CT molecular complexity index is 987. The lowest BCUT2D eigenvalue weighted by molar-refractivity contribution is -0.144. The van der Waals surface area contributed by atoms with Gasteiger partial charge in [-0.05, 0) is 18.2 Å². The average molecular weight is 450 g/mol. The number of fused-ring (bicyclic) bond motifs is 1. The SMILES string of the molecule is FC(F)(F)c1nc2c(Oc3c(Cl)ccc(Cl)c3Cl)c(Cl)c(Cl)cc2[nH]1. The van der Waals surface area contributed by atoms with Crippen molar-refractivity contribution < 1.29 is 17.9 Å². The summed E-state index contributed by atoms with van der Waals surface area (Å²) in [6.07, 6.45) is -4.69. The Kier molecular flexibility index (Phi) is 4.94. The van der Waals surface area contributed by atoms with E-state index in [9.17, 15) is 13.2 Å². The zero-order valence-corrected chi connectivity index (χ0v) is 15.4. The smallest absolute Gasteiger partial charge is 0.449 e. The minimum absolute atomic E-state index is 0.0222. The second kappa shape index (κ2) is 6.59. The maximum Gasteiger partial charge on any atom is 0.449 e. The molecule has 1 aromatic heterocycles. The molecule has 0 saturated carbocycles. The van der Waals surface area contributed by atoms with Crippen LogP contribution in [-0.4, -0.2) is 9.97 Å². The molecule has 0 spiro atoms. The summed E-state index contributed by atoms with van der Waals surface area (Å²) in [6, 6.07) is 4.05. The molecular formula is C14H4Cl5F3N2O. The molecule has 1 N–H and O–H groups in total. The van der Waals surface area contributed by atoms with Crippen LogP contribution in [0.15, 0.2) is 18.2 Å². The van der Waals surface area contributed by atoms with Gasteiger partial charge < -0.3 is 9.72 Å². The molecule has 3 rings (SSSR count). The predicted molar refractivity (Wildman–Crippen MR) is 92.7 cm³/mol. The van der Waals surface area contributed by atoms with Crippen molar-refractivity contribution in [2.75, 3.05) is 0 Å². The van der Waals surface area contributed by atoms with E-state index in [0.717, 1.165) is 0 Å². The topological polar surface area (TPSA) is 37.9 Å². The molecule has 11 heteroatoms. The quantitative estimate of drug-likeness (QED) is 0.408. The second-order valence-corrected chi connectivity index (χ2v) is 6.73. The highest BCUT2D eigenvalue weighted by molar-refractivity contribution is 6.45. The summed E-state index contributed by atoms with van der Waals surface area (Å²) in [5.74, 6) is -1.55. The molecule has 0 aliphatic rings. The van der Waals surface area contributed by atoms with Crippen LogP contribution >= 0.6 is 58.0 Å². The van der Waals surface area contributed by atoms with Crippen molar-refractivity contribution in [3.05, 3.63) is 49.1 Å². The molecule has 0 bridgehead atoms. The fourth-order valence-electron chi connectivity index (χ4n) is 2.00. The normalized spacial score (nSPS) is 12.0. The Morgan fingerprint density at radius 3 is 2.12 bits per heavy atom. The number of benzene rings is 2. The third-order valence-corrected chi connectivity index (χ3v) is 4.96. The molecule has 3 nitrogen and oxygen atoms in total. The summed E-state index contributed by atoms with van der Waals surface area (Å²) in [5.41, 5.74) is -0.208. The Balaban J connectivity index is 2.24. The van der Waals surface area contributed by atoms with Crippen molar-refractivity contribution in [3.63, 3.8) is 0 Å². The van der Waals surface area contributed by atoms with Gasteiger partial charge in [-0.3, -0.25) is 0 Å². The predicted octanol–water partition coefficient (Wildman–Crippen LogP) is 7.64. The third kappa shape index (κ3) is 3.46. The zero-order valence-electron chi connectivity index (χ0n) is 11.6. The van der Waals surface area contributed by atoms with Crippen LogP contribution in [0.4, 0.5) is 13.2 Å². The van der Waals surface area contributed by atoms with Gasteiger partial charge in [0.1, 0.15) is 15.6 Å². The van der Waals surface area contributed by atoms with Crippen molar-refractivity contribution in [1.29, 1.82) is 0 Å². The van der Waals surface area contributed by atoms with Gasteiger partial charge in [0.25, 0.3) is 0 Å². The minimum atomic E-state index is -4.69. The molecule has 25 heavy (non-hydrogen) atoms. The van der Waals surface area contributed by atoms with E-state index in [1.807, 2.05) is 0 Å². The number of rotatable bonds is 2. The first-order chi connectivity index (χ1) is 11.6. The van der Waals surface area contributed by atoms with Crippen molar-refractivity contribution in [3.8, 4) is 11.5 Å². The van der Waals surface area contributed by atoms with Crippen molar-refractivity contribution in [2.45, 2.75) is 6.18 Å². The summed E-state index contributed by atoms with van der Waals surface area (Å²) in [7, 11) is 0. The number of aromatic nitrogens is 2.